The van der Waals surface area contributed by atoms with Gasteiger partial charge < -0.3 is 14.8 Å². The zero-order chi connectivity index (χ0) is 12.8. The minimum absolute atomic E-state index is 0.121. The van der Waals surface area contributed by atoms with E-state index in [0.29, 0.717) is 12.4 Å². The van der Waals surface area contributed by atoms with Crippen LogP contribution < -0.4 is 15.4 Å². The molecule has 1 aliphatic heterocycles. The second-order valence-electron chi connectivity index (χ2n) is 3.90. The third kappa shape index (κ3) is 3.56. The molecule has 1 aliphatic rings. The minimum atomic E-state index is -0.314. The van der Waals surface area contributed by atoms with Crippen molar-refractivity contribution in [2.75, 3.05) is 25.6 Å². The molecule has 1 aromatic rings. The lowest BCUT2D eigenvalue weighted by Gasteiger charge is -2.11. The monoisotopic (exact) mass is 252 g/mol. The van der Waals surface area contributed by atoms with Gasteiger partial charge in [0.25, 0.3) is 0 Å². The Morgan fingerprint density at radius 2 is 2.56 bits per heavy atom. The van der Waals surface area contributed by atoms with E-state index >= 15 is 0 Å². The Balaban J connectivity index is 1.78. The van der Waals surface area contributed by atoms with Crippen molar-refractivity contribution in [3.05, 3.63) is 12.3 Å². The summed E-state index contributed by atoms with van der Waals surface area (Å²) in [6, 6.07) is 1.49. The first-order valence-electron chi connectivity index (χ1n) is 5.81. The predicted molar refractivity (Wildman–Crippen MR) is 64.6 cm³/mol. The third-order valence-corrected chi connectivity index (χ3v) is 2.57. The van der Waals surface area contributed by atoms with Crippen LogP contribution in [0.3, 0.4) is 0 Å². The molecular formula is C11H16N4O3. The molecule has 7 nitrogen and oxygen atoms in total. The maximum Gasteiger partial charge on any atom is 0.320 e. The van der Waals surface area contributed by atoms with E-state index in [1.807, 2.05) is 0 Å². The molecule has 1 saturated heterocycles. The fraction of sp³-hybridized carbons (Fsp3) is 0.545. The largest absolute Gasteiger partial charge is 0.467 e. The second kappa shape index (κ2) is 6.15. The number of rotatable bonds is 4. The normalized spacial score (nSPS) is 18.4. The van der Waals surface area contributed by atoms with Crippen LogP contribution in [0.2, 0.25) is 0 Å². The van der Waals surface area contributed by atoms with Crippen LogP contribution in [0.15, 0.2) is 12.3 Å². The number of carbonyl (C=O) groups excluding carboxylic acids is 1. The van der Waals surface area contributed by atoms with Crippen LogP contribution >= 0.6 is 0 Å². The van der Waals surface area contributed by atoms with Crippen LogP contribution in [-0.4, -0.2) is 42.4 Å². The van der Waals surface area contributed by atoms with Gasteiger partial charge in [0.05, 0.1) is 13.2 Å². The molecule has 0 saturated carbocycles. The SMILES string of the molecule is COc1nccc(NC(=O)NCC2CCCO2)n1. The molecule has 2 amide bonds. The molecule has 1 atom stereocenters. The van der Waals surface area contributed by atoms with Gasteiger partial charge in [-0.1, -0.05) is 0 Å². The molecule has 0 spiro atoms. The van der Waals surface area contributed by atoms with Gasteiger partial charge in [-0.3, -0.25) is 5.32 Å². The Bertz CT molecular complexity index is 407. The van der Waals surface area contributed by atoms with Crippen LogP contribution in [0.1, 0.15) is 12.8 Å². The number of hydrogen-bond donors (Lipinski definition) is 2. The van der Waals surface area contributed by atoms with Gasteiger partial charge in [0, 0.05) is 19.3 Å². The van der Waals surface area contributed by atoms with E-state index in [4.69, 9.17) is 9.47 Å². The molecule has 0 radical (unpaired) electrons. The molecule has 1 fully saturated rings. The average Bonchev–Trinajstić information content (AvgIpc) is 2.90. The molecule has 2 rings (SSSR count). The molecule has 1 unspecified atom stereocenters. The maximum absolute atomic E-state index is 11.6. The lowest BCUT2D eigenvalue weighted by atomic mass is 10.2. The summed E-state index contributed by atoms with van der Waals surface area (Å²) < 4.78 is 10.3. The van der Waals surface area contributed by atoms with E-state index in [1.165, 1.54) is 13.3 Å². The van der Waals surface area contributed by atoms with Gasteiger partial charge >= 0.3 is 12.0 Å². The summed E-state index contributed by atoms with van der Waals surface area (Å²) in [5.41, 5.74) is 0. The fourth-order valence-electron chi connectivity index (χ4n) is 1.68. The highest BCUT2D eigenvalue weighted by Crippen LogP contribution is 2.11. The first kappa shape index (κ1) is 12.6. The Kier molecular flexibility index (Phi) is 4.30. The van der Waals surface area contributed by atoms with Crippen molar-refractivity contribution in [1.29, 1.82) is 0 Å². The number of anilines is 1. The lowest BCUT2D eigenvalue weighted by Crippen LogP contribution is -2.35. The highest BCUT2D eigenvalue weighted by atomic mass is 16.5. The van der Waals surface area contributed by atoms with Crippen LogP contribution in [0.4, 0.5) is 10.6 Å². The Labute approximate surface area is 105 Å². The highest BCUT2D eigenvalue weighted by molar-refractivity contribution is 5.88. The summed E-state index contributed by atoms with van der Waals surface area (Å²) in [5, 5.41) is 5.34. The van der Waals surface area contributed by atoms with Crippen molar-refractivity contribution in [3.8, 4) is 6.01 Å². The van der Waals surface area contributed by atoms with Gasteiger partial charge in [-0.2, -0.15) is 4.98 Å². The van der Waals surface area contributed by atoms with Gasteiger partial charge in [0.1, 0.15) is 5.82 Å². The number of aromatic nitrogens is 2. The van der Waals surface area contributed by atoms with Gasteiger partial charge in [0.2, 0.25) is 0 Å². The van der Waals surface area contributed by atoms with Crippen molar-refractivity contribution in [2.45, 2.75) is 18.9 Å². The van der Waals surface area contributed by atoms with Crippen molar-refractivity contribution < 1.29 is 14.3 Å². The zero-order valence-electron chi connectivity index (χ0n) is 10.2. The number of methoxy groups -OCH3 is 1. The molecule has 0 aromatic carbocycles. The smallest absolute Gasteiger partial charge is 0.320 e. The van der Waals surface area contributed by atoms with Crippen LogP contribution in [0, 0.1) is 0 Å². The Morgan fingerprint density at radius 1 is 1.67 bits per heavy atom. The maximum atomic E-state index is 11.6. The number of amides is 2. The Hall–Kier alpha value is -1.89. The van der Waals surface area contributed by atoms with Crippen LogP contribution in [0.25, 0.3) is 0 Å². The molecule has 1 aromatic heterocycles. The van der Waals surface area contributed by atoms with Gasteiger partial charge in [-0.15, -0.1) is 0 Å². The molecule has 2 heterocycles. The summed E-state index contributed by atoms with van der Waals surface area (Å²) in [7, 11) is 1.47. The topological polar surface area (TPSA) is 85.4 Å². The molecule has 98 valence electrons. The van der Waals surface area contributed by atoms with E-state index in [-0.39, 0.29) is 18.1 Å². The van der Waals surface area contributed by atoms with Gasteiger partial charge in [-0.25, -0.2) is 9.78 Å². The summed E-state index contributed by atoms with van der Waals surface area (Å²) in [6.07, 6.45) is 3.68. The number of nitrogens with one attached hydrogen (secondary N) is 2. The van der Waals surface area contributed by atoms with Gasteiger partial charge in [0.15, 0.2) is 0 Å². The molecule has 2 N–H and O–H groups in total. The summed E-state index contributed by atoms with van der Waals surface area (Å²) >= 11 is 0. The van der Waals surface area contributed by atoms with E-state index in [1.54, 1.807) is 6.07 Å². The second-order valence-corrected chi connectivity index (χ2v) is 3.90. The van der Waals surface area contributed by atoms with Crippen LogP contribution in [-0.2, 0) is 4.74 Å². The van der Waals surface area contributed by atoms with Crippen molar-refractivity contribution in [1.82, 2.24) is 15.3 Å². The number of urea groups is 1. The summed E-state index contributed by atoms with van der Waals surface area (Å²) in [5.74, 6) is 0.395. The quantitative estimate of drug-likeness (QED) is 0.827. The highest BCUT2D eigenvalue weighted by Gasteiger charge is 2.16. The number of ether oxygens (including phenoxy) is 2. The van der Waals surface area contributed by atoms with Crippen molar-refractivity contribution >= 4 is 11.8 Å². The number of nitrogens with zero attached hydrogens (tertiary/aromatic N) is 2. The molecular weight excluding hydrogens is 236 g/mol. The average molecular weight is 252 g/mol. The summed E-state index contributed by atoms with van der Waals surface area (Å²) in [6.45, 7) is 1.28. The zero-order valence-corrected chi connectivity index (χ0v) is 10.2. The van der Waals surface area contributed by atoms with E-state index in [2.05, 4.69) is 20.6 Å². The van der Waals surface area contributed by atoms with E-state index < -0.39 is 0 Å². The van der Waals surface area contributed by atoms with Crippen LogP contribution in [0.5, 0.6) is 6.01 Å². The molecule has 18 heavy (non-hydrogen) atoms. The molecule has 7 heteroatoms. The molecule has 0 aliphatic carbocycles. The summed E-state index contributed by atoms with van der Waals surface area (Å²) in [4.78, 5) is 19.4. The van der Waals surface area contributed by atoms with E-state index in [0.717, 1.165) is 19.4 Å². The number of carbonyl (C=O) groups is 1. The first-order valence-corrected chi connectivity index (χ1v) is 5.81. The van der Waals surface area contributed by atoms with Crippen molar-refractivity contribution in [2.24, 2.45) is 0 Å². The predicted octanol–water partition coefficient (Wildman–Crippen LogP) is 0.786. The lowest BCUT2D eigenvalue weighted by molar-refractivity contribution is 0.112. The van der Waals surface area contributed by atoms with E-state index in [9.17, 15) is 4.79 Å². The fourth-order valence-corrected chi connectivity index (χ4v) is 1.68. The molecule has 0 bridgehead atoms. The first-order chi connectivity index (χ1) is 8.78. The third-order valence-electron chi connectivity index (χ3n) is 2.57. The number of hydrogen-bond acceptors (Lipinski definition) is 5. The van der Waals surface area contributed by atoms with Gasteiger partial charge in [-0.05, 0) is 18.9 Å². The van der Waals surface area contributed by atoms with Crippen molar-refractivity contribution in [3.63, 3.8) is 0 Å². The standard InChI is InChI=1S/C11H16N4O3/c1-17-11-12-5-4-9(15-11)14-10(16)13-7-8-3-2-6-18-8/h4-5,8H,2-3,6-7H2,1H3,(H2,12,13,14,15,16). The minimum Gasteiger partial charge on any atom is -0.467 e. The Morgan fingerprint density at radius 3 is 3.28 bits per heavy atom.